The highest BCUT2D eigenvalue weighted by atomic mass is 32.2. The van der Waals surface area contributed by atoms with Crippen molar-refractivity contribution in [1.29, 1.82) is 0 Å². The van der Waals surface area contributed by atoms with Crippen LogP contribution in [-0.4, -0.2) is 28.8 Å². The number of aliphatic hydroxyl groups is 1. The molecule has 13 heavy (non-hydrogen) atoms. The van der Waals surface area contributed by atoms with E-state index in [0.717, 1.165) is 36.5 Å². The lowest BCUT2D eigenvalue weighted by Gasteiger charge is -2.31. The summed E-state index contributed by atoms with van der Waals surface area (Å²) < 4.78 is 5.28. The maximum atomic E-state index is 10.4. The average Bonchev–Trinajstić information content (AvgIpc) is 2.50. The minimum absolute atomic E-state index is 0.366. The van der Waals surface area contributed by atoms with Crippen molar-refractivity contribution >= 4 is 11.8 Å². The van der Waals surface area contributed by atoms with Crippen molar-refractivity contribution in [3.8, 4) is 0 Å². The lowest BCUT2D eigenvalue weighted by Crippen LogP contribution is -2.38. The van der Waals surface area contributed by atoms with E-state index in [1.54, 1.807) is 6.26 Å². The predicted octanol–water partition coefficient (Wildman–Crippen LogP) is 1.79. The van der Waals surface area contributed by atoms with E-state index in [1.807, 2.05) is 11.8 Å². The second-order valence-corrected chi connectivity index (χ2v) is 4.99. The van der Waals surface area contributed by atoms with Crippen LogP contribution < -0.4 is 0 Å². The largest absolute Gasteiger partial charge is 0.501 e. The average molecular weight is 200 g/mol. The molecule has 0 amide bonds. The molecule has 0 aliphatic carbocycles. The van der Waals surface area contributed by atoms with Gasteiger partial charge in [-0.15, -0.1) is 0 Å². The van der Waals surface area contributed by atoms with Gasteiger partial charge in [-0.2, -0.15) is 11.8 Å². The van der Waals surface area contributed by atoms with Crippen LogP contribution in [0, 0.1) is 5.92 Å². The van der Waals surface area contributed by atoms with Gasteiger partial charge in [0.25, 0.3) is 0 Å². The second kappa shape index (κ2) is 3.54. The highest BCUT2D eigenvalue weighted by Crippen LogP contribution is 2.40. The molecule has 2 rings (SSSR count). The molecule has 2 nitrogen and oxygen atoms in total. The minimum atomic E-state index is -0.578. The van der Waals surface area contributed by atoms with E-state index in [1.165, 1.54) is 0 Å². The molecule has 2 aliphatic heterocycles. The second-order valence-electron chi connectivity index (χ2n) is 3.96. The molecule has 1 saturated heterocycles. The molecule has 2 unspecified atom stereocenters. The molecule has 0 aromatic rings. The summed E-state index contributed by atoms with van der Waals surface area (Å²) in [6.07, 6.45) is 3.83. The van der Waals surface area contributed by atoms with Crippen molar-refractivity contribution in [2.75, 3.05) is 18.1 Å². The Balaban J connectivity index is 2.17. The number of rotatable bonds is 1. The van der Waals surface area contributed by atoms with E-state index in [9.17, 15) is 5.11 Å². The van der Waals surface area contributed by atoms with E-state index in [4.69, 9.17) is 4.74 Å². The quantitative estimate of drug-likeness (QED) is 0.700. The Kier molecular flexibility index (Phi) is 2.56. The van der Waals surface area contributed by atoms with Crippen LogP contribution in [0.4, 0.5) is 0 Å². The van der Waals surface area contributed by atoms with E-state index >= 15 is 0 Å². The summed E-state index contributed by atoms with van der Waals surface area (Å²) in [6.45, 7) is 2.93. The van der Waals surface area contributed by atoms with Crippen molar-refractivity contribution < 1.29 is 9.84 Å². The molecule has 2 heterocycles. The minimum Gasteiger partial charge on any atom is -0.501 e. The van der Waals surface area contributed by atoms with Gasteiger partial charge in [0.1, 0.15) is 5.60 Å². The van der Waals surface area contributed by atoms with Crippen LogP contribution >= 0.6 is 11.8 Å². The number of hydrogen-bond donors (Lipinski definition) is 1. The summed E-state index contributed by atoms with van der Waals surface area (Å²) in [5, 5.41) is 10.4. The first-order chi connectivity index (χ1) is 6.23. The first kappa shape index (κ1) is 9.41. The maximum Gasteiger partial charge on any atom is 0.101 e. The number of ether oxygens (including phenoxy) is 1. The molecule has 2 aliphatic rings. The van der Waals surface area contributed by atoms with Gasteiger partial charge >= 0.3 is 0 Å². The van der Waals surface area contributed by atoms with Crippen molar-refractivity contribution in [2.45, 2.75) is 25.4 Å². The van der Waals surface area contributed by atoms with E-state index in [0.29, 0.717) is 5.92 Å². The summed E-state index contributed by atoms with van der Waals surface area (Å²) in [5.74, 6) is 2.27. The van der Waals surface area contributed by atoms with E-state index < -0.39 is 5.60 Å². The van der Waals surface area contributed by atoms with Gasteiger partial charge in [-0.3, -0.25) is 0 Å². The maximum absolute atomic E-state index is 10.4. The lowest BCUT2D eigenvalue weighted by atomic mass is 9.83. The Bertz CT molecular complexity index is 227. The smallest absolute Gasteiger partial charge is 0.101 e. The summed E-state index contributed by atoms with van der Waals surface area (Å²) in [4.78, 5) is 0. The third kappa shape index (κ3) is 1.59. The Morgan fingerprint density at radius 3 is 3.08 bits per heavy atom. The Morgan fingerprint density at radius 1 is 1.69 bits per heavy atom. The zero-order chi connectivity index (χ0) is 9.31. The predicted molar refractivity (Wildman–Crippen MR) is 54.7 cm³/mol. The van der Waals surface area contributed by atoms with Gasteiger partial charge in [0.15, 0.2) is 0 Å². The summed E-state index contributed by atoms with van der Waals surface area (Å²) >= 11 is 1.84. The Hall–Kier alpha value is -0.150. The van der Waals surface area contributed by atoms with Gasteiger partial charge in [0.05, 0.1) is 12.9 Å². The molecule has 1 fully saturated rings. The van der Waals surface area contributed by atoms with E-state index in [-0.39, 0.29) is 0 Å². The van der Waals surface area contributed by atoms with Crippen LogP contribution in [0.5, 0.6) is 0 Å². The molecular formula is C10H16O2S. The molecule has 0 aromatic carbocycles. The third-order valence-corrected chi connectivity index (χ3v) is 4.38. The third-order valence-electron chi connectivity index (χ3n) is 3.00. The normalized spacial score (nSPS) is 39.8. The van der Waals surface area contributed by atoms with Gasteiger partial charge in [-0.25, -0.2) is 0 Å². The number of thioether (sulfide) groups is 1. The Morgan fingerprint density at radius 2 is 2.54 bits per heavy atom. The van der Waals surface area contributed by atoms with Crippen LogP contribution in [-0.2, 0) is 4.74 Å². The van der Waals surface area contributed by atoms with Crippen molar-refractivity contribution in [2.24, 2.45) is 5.92 Å². The van der Waals surface area contributed by atoms with Gasteiger partial charge < -0.3 is 9.84 Å². The fourth-order valence-corrected chi connectivity index (χ4v) is 3.49. The molecule has 0 aromatic heterocycles. The van der Waals surface area contributed by atoms with Gasteiger partial charge in [-0.1, -0.05) is 6.92 Å². The molecule has 0 saturated carbocycles. The SMILES string of the molecule is CC1CSCC1(O)C1=COCCC1. The topological polar surface area (TPSA) is 29.5 Å². The summed E-state index contributed by atoms with van der Waals surface area (Å²) in [5.41, 5.74) is 0.529. The van der Waals surface area contributed by atoms with E-state index in [2.05, 4.69) is 6.92 Å². The van der Waals surface area contributed by atoms with Gasteiger partial charge in [-0.05, 0) is 30.1 Å². The van der Waals surface area contributed by atoms with Crippen LogP contribution in [0.2, 0.25) is 0 Å². The zero-order valence-corrected chi connectivity index (χ0v) is 8.77. The standard InChI is InChI=1S/C10H16O2S/c1-8-6-13-7-10(8,11)9-3-2-4-12-5-9/h5,8,11H,2-4,6-7H2,1H3. The molecule has 1 N–H and O–H groups in total. The molecule has 74 valence electrons. The first-order valence-corrected chi connectivity index (χ1v) is 6.00. The molecular weight excluding hydrogens is 184 g/mol. The van der Waals surface area contributed by atoms with Gasteiger partial charge in [0.2, 0.25) is 0 Å². The molecule has 0 radical (unpaired) electrons. The fraction of sp³-hybridized carbons (Fsp3) is 0.800. The van der Waals surface area contributed by atoms with Crippen LogP contribution in [0.1, 0.15) is 19.8 Å². The number of hydrogen-bond acceptors (Lipinski definition) is 3. The van der Waals surface area contributed by atoms with Crippen LogP contribution in [0.3, 0.4) is 0 Å². The highest BCUT2D eigenvalue weighted by Gasteiger charge is 2.42. The monoisotopic (exact) mass is 200 g/mol. The zero-order valence-electron chi connectivity index (χ0n) is 7.95. The van der Waals surface area contributed by atoms with Crippen LogP contribution in [0.25, 0.3) is 0 Å². The molecule has 3 heteroatoms. The summed E-state index contributed by atoms with van der Waals surface area (Å²) in [6, 6.07) is 0. The van der Waals surface area contributed by atoms with Crippen molar-refractivity contribution in [3.05, 3.63) is 11.8 Å². The Labute approximate surface area is 83.4 Å². The lowest BCUT2D eigenvalue weighted by molar-refractivity contribution is 0.0500. The highest BCUT2D eigenvalue weighted by molar-refractivity contribution is 7.99. The molecule has 2 atom stereocenters. The summed E-state index contributed by atoms with van der Waals surface area (Å²) in [7, 11) is 0. The molecule has 0 bridgehead atoms. The van der Waals surface area contributed by atoms with Crippen molar-refractivity contribution in [1.82, 2.24) is 0 Å². The first-order valence-electron chi connectivity index (χ1n) is 4.85. The molecule has 0 spiro atoms. The van der Waals surface area contributed by atoms with Crippen LogP contribution in [0.15, 0.2) is 11.8 Å². The fourth-order valence-electron chi connectivity index (χ4n) is 1.96. The van der Waals surface area contributed by atoms with Crippen molar-refractivity contribution in [3.63, 3.8) is 0 Å². The van der Waals surface area contributed by atoms with Gasteiger partial charge in [0, 0.05) is 5.75 Å².